The van der Waals surface area contributed by atoms with Crippen molar-refractivity contribution in [2.75, 3.05) is 0 Å². The average molecular weight is 188 g/mol. The maximum Gasteiger partial charge on any atom is 0.0348 e. The topological polar surface area (TPSA) is 0 Å². The molecule has 0 saturated carbocycles. The van der Waals surface area contributed by atoms with Crippen molar-refractivity contribution in [3.8, 4) is 10.4 Å². The molecule has 0 aliphatic carbocycles. The summed E-state index contributed by atoms with van der Waals surface area (Å²) in [6.07, 6.45) is 0. The van der Waals surface area contributed by atoms with E-state index in [-0.39, 0.29) is 0 Å². The van der Waals surface area contributed by atoms with Gasteiger partial charge in [0.1, 0.15) is 0 Å². The first-order chi connectivity index (χ1) is 6.29. The van der Waals surface area contributed by atoms with E-state index in [0.717, 1.165) is 0 Å². The Hall–Kier alpha value is -1.08. The Morgan fingerprint density at radius 1 is 0.923 bits per heavy atom. The molecule has 0 bridgehead atoms. The van der Waals surface area contributed by atoms with Gasteiger partial charge >= 0.3 is 0 Å². The van der Waals surface area contributed by atoms with E-state index < -0.39 is 0 Å². The smallest absolute Gasteiger partial charge is 0.0348 e. The molecule has 0 radical (unpaired) electrons. The third-order valence-electron chi connectivity index (χ3n) is 2.25. The summed E-state index contributed by atoms with van der Waals surface area (Å²) < 4.78 is 0. The van der Waals surface area contributed by atoms with Gasteiger partial charge in [-0.3, -0.25) is 0 Å². The number of benzene rings is 1. The lowest BCUT2D eigenvalue weighted by Crippen LogP contribution is -1.83. The van der Waals surface area contributed by atoms with Crippen LogP contribution in [-0.2, 0) is 0 Å². The predicted molar refractivity (Wildman–Crippen MR) is 59.2 cm³/mol. The quantitative estimate of drug-likeness (QED) is 0.633. The minimum Gasteiger partial charge on any atom is -0.144 e. The molecule has 1 aromatic heterocycles. The van der Waals surface area contributed by atoms with Gasteiger partial charge in [0, 0.05) is 4.88 Å². The van der Waals surface area contributed by atoms with E-state index >= 15 is 0 Å². The molecule has 2 rings (SSSR count). The van der Waals surface area contributed by atoms with Gasteiger partial charge < -0.3 is 0 Å². The second-order valence-corrected chi connectivity index (χ2v) is 4.19. The Labute approximate surface area is 82.9 Å². The maximum absolute atomic E-state index is 2.18. The summed E-state index contributed by atoms with van der Waals surface area (Å²) in [6, 6.07) is 10.7. The summed E-state index contributed by atoms with van der Waals surface area (Å²) in [4.78, 5) is 1.37. The van der Waals surface area contributed by atoms with Crippen molar-refractivity contribution in [1.82, 2.24) is 0 Å². The van der Waals surface area contributed by atoms with Crippen molar-refractivity contribution in [1.29, 1.82) is 0 Å². The maximum atomic E-state index is 2.18. The minimum absolute atomic E-state index is 1.36. The van der Waals surface area contributed by atoms with E-state index in [1.54, 1.807) is 11.3 Å². The molecular formula is C12H12S. The Morgan fingerprint density at radius 3 is 2.15 bits per heavy atom. The predicted octanol–water partition coefficient (Wildman–Crippen LogP) is 4.03. The standard InChI is InChI=1S/C12H12S/c1-9-5-3-6-10(2)12(9)11-7-4-8-13-11/h3-8H,1-2H3. The Kier molecular flexibility index (Phi) is 2.19. The van der Waals surface area contributed by atoms with Crippen LogP contribution in [0, 0.1) is 13.8 Å². The monoisotopic (exact) mass is 188 g/mol. The molecule has 1 heteroatoms. The first-order valence-electron chi connectivity index (χ1n) is 4.39. The lowest BCUT2D eigenvalue weighted by Gasteiger charge is -2.06. The number of thiophene rings is 1. The summed E-state index contributed by atoms with van der Waals surface area (Å²) in [6.45, 7) is 4.34. The highest BCUT2D eigenvalue weighted by molar-refractivity contribution is 7.13. The van der Waals surface area contributed by atoms with Crippen LogP contribution in [0.15, 0.2) is 35.7 Å². The van der Waals surface area contributed by atoms with E-state index in [2.05, 4.69) is 49.6 Å². The van der Waals surface area contributed by atoms with Gasteiger partial charge in [-0.2, -0.15) is 0 Å². The number of hydrogen-bond acceptors (Lipinski definition) is 1. The Bertz CT molecular complexity index is 379. The van der Waals surface area contributed by atoms with E-state index in [1.165, 1.54) is 21.6 Å². The molecule has 0 saturated heterocycles. The summed E-state index contributed by atoms with van der Waals surface area (Å²) in [5, 5.41) is 2.13. The SMILES string of the molecule is Cc1cccc(C)c1-c1cccs1. The number of hydrogen-bond donors (Lipinski definition) is 0. The van der Waals surface area contributed by atoms with Crippen LogP contribution in [0.4, 0.5) is 0 Å². The third kappa shape index (κ3) is 1.52. The molecule has 1 aromatic carbocycles. The van der Waals surface area contributed by atoms with Crippen LogP contribution in [0.1, 0.15) is 11.1 Å². The molecule has 0 aliphatic heterocycles. The largest absolute Gasteiger partial charge is 0.144 e. The Morgan fingerprint density at radius 2 is 1.62 bits per heavy atom. The van der Waals surface area contributed by atoms with Gasteiger partial charge in [-0.05, 0) is 42.0 Å². The van der Waals surface area contributed by atoms with E-state index in [4.69, 9.17) is 0 Å². The lowest BCUT2D eigenvalue weighted by molar-refractivity contribution is 1.39. The Balaban J connectivity index is 2.64. The zero-order valence-electron chi connectivity index (χ0n) is 7.87. The highest BCUT2D eigenvalue weighted by atomic mass is 32.1. The summed E-state index contributed by atoms with van der Waals surface area (Å²) in [5.74, 6) is 0. The van der Waals surface area contributed by atoms with E-state index in [0.29, 0.717) is 0 Å². The molecule has 2 aromatic rings. The molecule has 0 aliphatic rings. The summed E-state index contributed by atoms with van der Waals surface area (Å²) in [7, 11) is 0. The fourth-order valence-corrected chi connectivity index (χ4v) is 2.52. The molecule has 0 amide bonds. The van der Waals surface area contributed by atoms with Gasteiger partial charge in [-0.1, -0.05) is 24.3 Å². The van der Waals surface area contributed by atoms with Crippen LogP contribution < -0.4 is 0 Å². The molecule has 0 fully saturated rings. The molecule has 0 nitrogen and oxygen atoms in total. The van der Waals surface area contributed by atoms with Crippen molar-refractivity contribution in [2.45, 2.75) is 13.8 Å². The van der Waals surface area contributed by atoms with Gasteiger partial charge in [0.05, 0.1) is 0 Å². The molecular weight excluding hydrogens is 176 g/mol. The van der Waals surface area contributed by atoms with Crippen LogP contribution in [0.25, 0.3) is 10.4 Å². The summed E-state index contributed by atoms with van der Waals surface area (Å²) in [5.41, 5.74) is 4.13. The fourth-order valence-electron chi connectivity index (χ4n) is 1.62. The second kappa shape index (κ2) is 3.35. The van der Waals surface area contributed by atoms with Crippen molar-refractivity contribution >= 4 is 11.3 Å². The molecule has 0 atom stereocenters. The molecule has 0 N–H and O–H groups in total. The zero-order valence-corrected chi connectivity index (χ0v) is 8.69. The average Bonchev–Trinajstić information content (AvgIpc) is 2.57. The molecule has 66 valence electrons. The van der Waals surface area contributed by atoms with Gasteiger partial charge in [0.2, 0.25) is 0 Å². The molecule has 1 heterocycles. The highest BCUT2D eigenvalue weighted by Gasteiger charge is 2.04. The first-order valence-corrected chi connectivity index (χ1v) is 5.27. The van der Waals surface area contributed by atoms with Gasteiger partial charge in [-0.25, -0.2) is 0 Å². The molecule has 0 spiro atoms. The molecule has 0 unspecified atom stereocenters. The van der Waals surface area contributed by atoms with Gasteiger partial charge in [-0.15, -0.1) is 11.3 Å². The zero-order chi connectivity index (χ0) is 9.26. The second-order valence-electron chi connectivity index (χ2n) is 3.24. The fraction of sp³-hybridized carbons (Fsp3) is 0.167. The minimum atomic E-state index is 1.36. The van der Waals surface area contributed by atoms with Crippen LogP contribution in [0.5, 0.6) is 0 Å². The summed E-state index contributed by atoms with van der Waals surface area (Å²) >= 11 is 1.80. The highest BCUT2D eigenvalue weighted by Crippen LogP contribution is 2.30. The normalized spacial score (nSPS) is 10.3. The van der Waals surface area contributed by atoms with Crippen LogP contribution >= 0.6 is 11.3 Å². The van der Waals surface area contributed by atoms with Crippen LogP contribution in [0.2, 0.25) is 0 Å². The van der Waals surface area contributed by atoms with Crippen molar-refractivity contribution in [3.05, 3.63) is 46.8 Å². The van der Waals surface area contributed by atoms with E-state index in [9.17, 15) is 0 Å². The van der Waals surface area contributed by atoms with E-state index in [1.807, 2.05) is 0 Å². The van der Waals surface area contributed by atoms with Crippen molar-refractivity contribution < 1.29 is 0 Å². The van der Waals surface area contributed by atoms with Crippen molar-refractivity contribution in [3.63, 3.8) is 0 Å². The van der Waals surface area contributed by atoms with Crippen molar-refractivity contribution in [2.24, 2.45) is 0 Å². The first kappa shape index (κ1) is 8.52. The van der Waals surface area contributed by atoms with Crippen LogP contribution in [-0.4, -0.2) is 0 Å². The van der Waals surface area contributed by atoms with Crippen LogP contribution in [0.3, 0.4) is 0 Å². The lowest BCUT2D eigenvalue weighted by atomic mass is 10.0. The van der Waals surface area contributed by atoms with Gasteiger partial charge in [0.15, 0.2) is 0 Å². The number of aryl methyl sites for hydroxylation is 2. The van der Waals surface area contributed by atoms with Gasteiger partial charge in [0.25, 0.3) is 0 Å². The third-order valence-corrected chi connectivity index (χ3v) is 3.14. The molecule has 13 heavy (non-hydrogen) atoms. The number of rotatable bonds is 1.